The molecular formula is C12H23N5. The molecule has 0 fully saturated rings. The molecule has 1 aromatic heterocycles. The topological polar surface area (TPSA) is 55.6 Å². The Balaban J connectivity index is 2.30. The van der Waals surface area contributed by atoms with Crippen LogP contribution in [0.1, 0.15) is 39.9 Å². The molecule has 0 amide bonds. The predicted octanol–water partition coefficient (Wildman–Crippen LogP) is 1.48. The van der Waals surface area contributed by atoms with Gasteiger partial charge in [-0.25, -0.2) is 0 Å². The van der Waals surface area contributed by atoms with Crippen LogP contribution in [0.2, 0.25) is 0 Å². The fraction of sp³-hybridized carbons (Fsp3) is 0.750. The average Bonchev–Trinajstić information content (AvgIpc) is 2.57. The Morgan fingerprint density at radius 3 is 2.65 bits per heavy atom. The number of aromatic nitrogens is 4. The van der Waals surface area contributed by atoms with Gasteiger partial charge >= 0.3 is 0 Å². The van der Waals surface area contributed by atoms with Gasteiger partial charge in [0.1, 0.15) is 0 Å². The van der Waals surface area contributed by atoms with E-state index in [1.165, 1.54) is 10.4 Å². The van der Waals surface area contributed by atoms with Crippen molar-refractivity contribution in [3.63, 3.8) is 0 Å². The second kappa shape index (κ2) is 5.91. The maximum atomic E-state index is 4.16. The lowest BCUT2D eigenvalue weighted by atomic mass is 10.1. The van der Waals surface area contributed by atoms with E-state index < -0.39 is 0 Å². The van der Waals surface area contributed by atoms with Crippen molar-refractivity contribution < 1.29 is 0 Å². The van der Waals surface area contributed by atoms with Gasteiger partial charge in [-0.1, -0.05) is 11.6 Å². The van der Waals surface area contributed by atoms with Crippen LogP contribution in [0.4, 0.5) is 0 Å². The van der Waals surface area contributed by atoms with Gasteiger partial charge in [0.15, 0.2) is 5.82 Å². The van der Waals surface area contributed by atoms with E-state index in [9.17, 15) is 0 Å². The van der Waals surface area contributed by atoms with E-state index >= 15 is 0 Å². The SMILES string of the molecule is CC(=CCCNC(C)(C)C)Cc1nnn(C)n1. The van der Waals surface area contributed by atoms with Gasteiger partial charge in [-0.3, -0.25) is 0 Å². The fourth-order valence-electron chi connectivity index (χ4n) is 1.48. The quantitative estimate of drug-likeness (QED) is 0.622. The maximum absolute atomic E-state index is 4.16. The summed E-state index contributed by atoms with van der Waals surface area (Å²) in [7, 11) is 1.78. The molecule has 0 aromatic carbocycles. The molecule has 0 aliphatic heterocycles. The minimum absolute atomic E-state index is 0.189. The molecule has 1 heterocycles. The third-order valence-corrected chi connectivity index (χ3v) is 2.28. The largest absolute Gasteiger partial charge is 0.312 e. The molecule has 0 atom stereocenters. The molecule has 1 N–H and O–H groups in total. The summed E-state index contributed by atoms with van der Waals surface area (Å²) in [5, 5.41) is 15.4. The molecule has 5 nitrogen and oxygen atoms in total. The summed E-state index contributed by atoms with van der Waals surface area (Å²) >= 11 is 0. The molecule has 0 spiro atoms. The van der Waals surface area contributed by atoms with Crippen molar-refractivity contribution >= 4 is 0 Å². The number of nitrogens with zero attached hydrogens (tertiary/aromatic N) is 4. The third kappa shape index (κ3) is 6.16. The molecule has 0 bridgehead atoms. The second-order valence-electron chi connectivity index (χ2n) is 5.39. The molecule has 0 aliphatic carbocycles. The highest BCUT2D eigenvalue weighted by atomic mass is 15.6. The van der Waals surface area contributed by atoms with Crippen molar-refractivity contribution in [1.29, 1.82) is 0 Å². The maximum Gasteiger partial charge on any atom is 0.178 e. The lowest BCUT2D eigenvalue weighted by Crippen LogP contribution is -2.36. The fourth-order valence-corrected chi connectivity index (χ4v) is 1.48. The summed E-state index contributed by atoms with van der Waals surface area (Å²) in [5.41, 5.74) is 1.47. The predicted molar refractivity (Wildman–Crippen MR) is 68.6 cm³/mol. The van der Waals surface area contributed by atoms with Crippen LogP contribution in [0.5, 0.6) is 0 Å². The van der Waals surface area contributed by atoms with Crippen LogP contribution in [0.25, 0.3) is 0 Å². The zero-order valence-electron chi connectivity index (χ0n) is 11.5. The molecule has 0 radical (unpaired) electrons. The van der Waals surface area contributed by atoms with Crippen molar-refractivity contribution in [3.8, 4) is 0 Å². The van der Waals surface area contributed by atoms with Crippen molar-refractivity contribution in [2.45, 2.75) is 46.1 Å². The van der Waals surface area contributed by atoms with Crippen LogP contribution in [-0.2, 0) is 13.5 Å². The highest BCUT2D eigenvalue weighted by molar-refractivity contribution is 5.05. The number of aryl methyl sites for hydroxylation is 1. The summed E-state index contributed by atoms with van der Waals surface area (Å²) in [6, 6.07) is 0. The molecule has 1 rings (SSSR count). The number of nitrogens with one attached hydrogen (secondary N) is 1. The van der Waals surface area contributed by atoms with Gasteiger partial charge in [0.25, 0.3) is 0 Å². The number of rotatable bonds is 5. The second-order valence-corrected chi connectivity index (χ2v) is 5.39. The lowest BCUT2D eigenvalue weighted by molar-refractivity contribution is 0.431. The Labute approximate surface area is 103 Å². The molecule has 0 saturated carbocycles. The van der Waals surface area contributed by atoms with E-state index in [1.807, 2.05) is 0 Å². The zero-order valence-corrected chi connectivity index (χ0v) is 11.5. The van der Waals surface area contributed by atoms with Crippen molar-refractivity contribution in [3.05, 3.63) is 17.5 Å². The van der Waals surface area contributed by atoms with Gasteiger partial charge in [-0.05, 0) is 45.9 Å². The molecule has 0 aliphatic rings. The van der Waals surface area contributed by atoms with Gasteiger partial charge < -0.3 is 5.32 Å². The molecule has 0 unspecified atom stereocenters. The van der Waals surface area contributed by atoms with Crippen LogP contribution in [0, 0.1) is 0 Å². The minimum Gasteiger partial charge on any atom is -0.312 e. The summed E-state index contributed by atoms with van der Waals surface area (Å²) in [4.78, 5) is 1.49. The van der Waals surface area contributed by atoms with E-state index in [2.05, 4.69) is 54.5 Å². The van der Waals surface area contributed by atoms with E-state index in [0.717, 1.165) is 25.2 Å². The molecule has 96 valence electrons. The third-order valence-electron chi connectivity index (χ3n) is 2.28. The number of hydrogen-bond donors (Lipinski definition) is 1. The number of allylic oxidation sites excluding steroid dienone is 1. The van der Waals surface area contributed by atoms with E-state index in [4.69, 9.17) is 0 Å². The lowest BCUT2D eigenvalue weighted by Gasteiger charge is -2.19. The van der Waals surface area contributed by atoms with Gasteiger partial charge in [0, 0.05) is 12.0 Å². The van der Waals surface area contributed by atoms with Crippen LogP contribution in [0.15, 0.2) is 11.6 Å². The smallest absolute Gasteiger partial charge is 0.178 e. The molecular weight excluding hydrogens is 214 g/mol. The normalized spacial score (nSPS) is 13.1. The summed E-state index contributed by atoms with van der Waals surface area (Å²) in [6.45, 7) is 9.62. The first-order chi connectivity index (χ1) is 7.87. The zero-order chi connectivity index (χ0) is 12.9. The van der Waals surface area contributed by atoms with E-state index in [-0.39, 0.29) is 5.54 Å². The Morgan fingerprint density at radius 1 is 1.41 bits per heavy atom. The Morgan fingerprint density at radius 2 is 2.12 bits per heavy atom. The molecule has 1 aromatic rings. The van der Waals surface area contributed by atoms with Gasteiger partial charge in [-0.15, -0.1) is 10.2 Å². The monoisotopic (exact) mass is 237 g/mol. The van der Waals surface area contributed by atoms with Crippen molar-refractivity contribution in [2.24, 2.45) is 7.05 Å². The van der Waals surface area contributed by atoms with Gasteiger partial charge in [0.2, 0.25) is 0 Å². The number of hydrogen-bond acceptors (Lipinski definition) is 4. The summed E-state index contributed by atoms with van der Waals surface area (Å²) in [6.07, 6.45) is 4.04. The van der Waals surface area contributed by atoms with Crippen LogP contribution in [-0.4, -0.2) is 32.3 Å². The summed E-state index contributed by atoms with van der Waals surface area (Å²) in [5.74, 6) is 0.782. The van der Waals surface area contributed by atoms with Crippen LogP contribution in [0.3, 0.4) is 0 Å². The van der Waals surface area contributed by atoms with Crippen LogP contribution < -0.4 is 5.32 Å². The van der Waals surface area contributed by atoms with Gasteiger partial charge in [-0.2, -0.15) is 4.80 Å². The van der Waals surface area contributed by atoms with Gasteiger partial charge in [0.05, 0.1) is 7.05 Å². The van der Waals surface area contributed by atoms with Crippen LogP contribution >= 0.6 is 0 Å². The summed E-state index contributed by atoms with van der Waals surface area (Å²) < 4.78 is 0. The standard InChI is InChI=1S/C12H23N5/c1-10(7-6-8-13-12(2,3)4)9-11-14-16-17(5)15-11/h7,13H,6,8-9H2,1-5H3. The number of tetrazole rings is 1. The van der Waals surface area contributed by atoms with E-state index in [1.54, 1.807) is 7.05 Å². The first kappa shape index (κ1) is 13.8. The first-order valence-corrected chi connectivity index (χ1v) is 6.00. The Hall–Kier alpha value is -1.23. The average molecular weight is 237 g/mol. The molecule has 5 heteroatoms. The first-order valence-electron chi connectivity index (χ1n) is 6.00. The highest BCUT2D eigenvalue weighted by Crippen LogP contribution is 2.03. The van der Waals surface area contributed by atoms with E-state index in [0.29, 0.717) is 0 Å². The van der Waals surface area contributed by atoms with Crippen molar-refractivity contribution in [2.75, 3.05) is 6.54 Å². The minimum atomic E-state index is 0.189. The molecule has 0 saturated heterocycles. The Kier molecular flexibility index (Phi) is 4.81. The molecule has 17 heavy (non-hydrogen) atoms. The Bertz CT molecular complexity index is 372. The highest BCUT2D eigenvalue weighted by Gasteiger charge is 2.06. The van der Waals surface area contributed by atoms with Crippen molar-refractivity contribution in [1.82, 2.24) is 25.5 Å².